The van der Waals surface area contributed by atoms with Gasteiger partial charge >= 0.3 is 11.9 Å². The summed E-state index contributed by atoms with van der Waals surface area (Å²) >= 11 is 0. The van der Waals surface area contributed by atoms with E-state index in [0.29, 0.717) is 51.3 Å². The number of hydrogen-bond donors (Lipinski definition) is 1. The van der Waals surface area contributed by atoms with Crippen LogP contribution in [0.3, 0.4) is 0 Å². The standard InChI is InChI=1S/C20H25F2N3O4/c1-3-8-17(26)25(15-10-7-9-14(13-15)18(27)28)12-6-4-5-11-16-23-19(29-24-16)20(2,21)22/h7,9-10,13H,3-6,8,11-12H2,1-2H3,(H,27,28). The summed E-state index contributed by atoms with van der Waals surface area (Å²) in [6.45, 7) is 3.04. The summed E-state index contributed by atoms with van der Waals surface area (Å²) in [4.78, 5) is 29.0. The highest BCUT2D eigenvalue weighted by Gasteiger charge is 2.31. The van der Waals surface area contributed by atoms with Crippen molar-refractivity contribution >= 4 is 17.6 Å². The van der Waals surface area contributed by atoms with Crippen molar-refractivity contribution in [3.63, 3.8) is 0 Å². The van der Waals surface area contributed by atoms with Crippen molar-refractivity contribution in [1.29, 1.82) is 0 Å². The van der Waals surface area contributed by atoms with Crippen LogP contribution in [0.1, 0.15) is 68.0 Å². The average molecular weight is 409 g/mol. The van der Waals surface area contributed by atoms with Gasteiger partial charge in [0.1, 0.15) is 0 Å². The molecule has 158 valence electrons. The fourth-order valence-corrected chi connectivity index (χ4v) is 2.82. The first-order valence-corrected chi connectivity index (χ1v) is 9.57. The Morgan fingerprint density at radius 1 is 1.24 bits per heavy atom. The van der Waals surface area contributed by atoms with Crippen molar-refractivity contribution in [2.24, 2.45) is 0 Å². The van der Waals surface area contributed by atoms with Gasteiger partial charge in [-0.1, -0.05) is 24.6 Å². The number of aryl methyl sites for hydroxylation is 1. The van der Waals surface area contributed by atoms with Gasteiger partial charge in [-0.25, -0.2) is 4.79 Å². The first kappa shape index (κ1) is 22.4. The van der Waals surface area contributed by atoms with E-state index in [1.54, 1.807) is 17.0 Å². The molecule has 0 unspecified atom stereocenters. The van der Waals surface area contributed by atoms with E-state index in [-0.39, 0.29) is 17.3 Å². The molecule has 0 radical (unpaired) electrons. The largest absolute Gasteiger partial charge is 0.478 e. The fourth-order valence-electron chi connectivity index (χ4n) is 2.82. The molecular weight excluding hydrogens is 384 g/mol. The number of alkyl halides is 2. The van der Waals surface area contributed by atoms with E-state index in [9.17, 15) is 18.4 Å². The number of halogens is 2. The molecule has 0 saturated heterocycles. The molecule has 0 aliphatic heterocycles. The molecule has 0 aliphatic rings. The number of aromatic nitrogens is 2. The highest BCUT2D eigenvalue weighted by atomic mass is 19.3. The fraction of sp³-hybridized carbons (Fsp3) is 0.500. The topological polar surface area (TPSA) is 96.5 Å². The minimum Gasteiger partial charge on any atom is -0.478 e. The van der Waals surface area contributed by atoms with Crippen LogP contribution in [0.4, 0.5) is 14.5 Å². The number of anilines is 1. The van der Waals surface area contributed by atoms with E-state index >= 15 is 0 Å². The predicted molar refractivity (Wildman–Crippen MR) is 102 cm³/mol. The molecule has 29 heavy (non-hydrogen) atoms. The van der Waals surface area contributed by atoms with Gasteiger partial charge in [0.25, 0.3) is 5.89 Å². The average Bonchev–Trinajstić information content (AvgIpc) is 3.14. The Hall–Kier alpha value is -2.84. The Morgan fingerprint density at radius 3 is 2.62 bits per heavy atom. The maximum atomic E-state index is 13.1. The summed E-state index contributed by atoms with van der Waals surface area (Å²) in [5.74, 6) is -4.73. The van der Waals surface area contributed by atoms with Crippen LogP contribution in [0.5, 0.6) is 0 Å². The lowest BCUT2D eigenvalue weighted by molar-refractivity contribution is -0.118. The Kier molecular flexibility index (Phi) is 7.81. The van der Waals surface area contributed by atoms with Gasteiger partial charge in [0.15, 0.2) is 5.82 Å². The van der Waals surface area contributed by atoms with E-state index in [0.717, 1.165) is 6.42 Å². The molecule has 0 bridgehead atoms. The number of carboxylic acids is 1. The zero-order chi connectivity index (χ0) is 21.4. The molecule has 0 atom stereocenters. The maximum absolute atomic E-state index is 13.1. The molecule has 1 aromatic heterocycles. The molecule has 1 N–H and O–H groups in total. The second kappa shape index (κ2) is 10.1. The number of carbonyl (C=O) groups excluding carboxylic acids is 1. The molecule has 2 aromatic rings. The minimum absolute atomic E-state index is 0.0666. The van der Waals surface area contributed by atoms with Crippen LogP contribution in [-0.4, -0.2) is 33.7 Å². The highest BCUT2D eigenvalue weighted by molar-refractivity contribution is 5.95. The molecular formula is C20H25F2N3O4. The lowest BCUT2D eigenvalue weighted by atomic mass is 10.1. The quantitative estimate of drug-likeness (QED) is 0.552. The second-order valence-electron chi connectivity index (χ2n) is 6.87. The van der Waals surface area contributed by atoms with Gasteiger partial charge in [-0.05, 0) is 37.5 Å². The van der Waals surface area contributed by atoms with E-state index < -0.39 is 17.8 Å². The van der Waals surface area contributed by atoms with Gasteiger partial charge in [-0.3, -0.25) is 4.79 Å². The van der Waals surface area contributed by atoms with Crippen LogP contribution in [0.25, 0.3) is 0 Å². The van der Waals surface area contributed by atoms with E-state index in [4.69, 9.17) is 5.11 Å². The molecule has 7 nitrogen and oxygen atoms in total. The van der Waals surface area contributed by atoms with Crippen molar-refractivity contribution in [3.8, 4) is 0 Å². The van der Waals surface area contributed by atoms with Gasteiger partial charge in [0.05, 0.1) is 5.56 Å². The summed E-state index contributed by atoms with van der Waals surface area (Å²) in [5, 5.41) is 12.7. The van der Waals surface area contributed by atoms with Crippen LogP contribution in [0, 0.1) is 0 Å². The van der Waals surface area contributed by atoms with Crippen molar-refractivity contribution in [2.45, 2.75) is 58.3 Å². The maximum Gasteiger partial charge on any atom is 0.335 e. The molecule has 0 fully saturated rings. The van der Waals surface area contributed by atoms with Gasteiger partial charge in [-0.15, -0.1) is 0 Å². The van der Waals surface area contributed by atoms with E-state index in [1.807, 2.05) is 6.92 Å². The Balaban J connectivity index is 1.91. The smallest absolute Gasteiger partial charge is 0.335 e. The van der Waals surface area contributed by atoms with Gasteiger partial charge < -0.3 is 14.5 Å². The number of carboxylic acid groups (broad SMARTS) is 1. The first-order valence-electron chi connectivity index (χ1n) is 9.57. The van der Waals surface area contributed by atoms with Crippen molar-refractivity contribution in [3.05, 3.63) is 41.5 Å². The molecule has 9 heteroatoms. The van der Waals surface area contributed by atoms with Crippen LogP contribution in [0.15, 0.2) is 28.8 Å². The van der Waals surface area contributed by atoms with Crippen molar-refractivity contribution in [2.75, 3.05) is 11.4 Å². The molecule has 1 amide bonds. The molecule has 0 spiro atoms. The van der Waals surface area contributed by atoms with E-state index in [1.165, 1.54) is 12.1 Å². The number of rotatable bonds is 11. The number of nitrogens with zero attached hydrogens (tertiary/aromatic N) is 3. The van der Waals surface area contributed by atoms with Gasteiger partial charge in [-0.2, -0.15) is 13.8 Å². The lowest BCUT2D eigenvalue weighted by Crippen LogP contribution is -2.31. The van der Waals surface area contributed by atoms with Crippen molar-refractivity contribution < 1.29 is 28.0 Å². The van der Waals surface area contributed by atoms with Gasteiger partial charge in [0, 0.05) is 32.0 Å². The third-order valence-electron chi connectivity index (χ3n) is 4.30. The SMILES string of the molecule is CCCC(=O)N(CCCCCc1noc(C(C)(F)F)n1)c1cccc(C(=O)O)c1. The lowest BCUT2D eigenvalue weighted by Gasteiger charge is -2.23. The number of hydrogen-bond acceptors (Lipinski definition) is 5. The first-order chi connectivity index (χ1) is 13.7. The predicted octanol–water partition coefficient (Wildman–Crippen LogP) is 4.43. The second-order valence-corrected chi connectivity index (χ2v) is 6.87. The normalized spacial score (nSPS) is 11.4. The molecule has 2 rings (SSSR count). The Labute approximate surface area is 167 Å². The third-order valence-corrected chi connectivity index (χ3v) is 4.30. The monoisotopic (exact) mass is 409 g/mol. The number of carbonyl (C=O) groups is 2. The zero-order valence-electron chi connectivity index (χ0n) is 16.5. The summed E-state index contributed by atoms with van der Waals surface area (Å²) in [5.41, 5.74) is 0.675. The summed E-state index contributed by atoms with van der Waals surface area (Å²) < 4.78 is 30.8. The number of benzene rings is 1. The molecule has 0 saturated carbocycles. The van der Waals surface area contributed by atoms with Crippen LogP contribution >= 0.6 is 0 Å². The molecule has 1 aromatic carbocycles. The summed E-state index contributed by atoms with van der Waals surface area (Å²) in [6.07, 6.45) is 3.50. The number of aromatic carboxylic acids is 1. The molecule has 0 aliphatic carbocycles. The molecule has 1 heterocycles. The zero-order valence-corrected chi connectivity index (χ0v) is 16.5. The third kappa shape index (κ3) is 6.62. The summed E-state index contributed by atoms with van der Waals surface area (Å²) in [7, 11) is 0. The van der Waals surface area contributed by atoms with E-state index in [2.05, 4.69) is 14.7 Å². The Morgan fingerprint density at radius 2 is 2.00 bits per heavy atom. The van der Waals surface area contributed by atoms with Crippen LogP contribution in [-0.2, 0) is 17.1 Å². The summed E-state index contributed by atoms with van der Waals surface area (Å²) in [6, 6.07) is 6.29. The van der Waals surface area contributed by atoms with Crippen LogP contribution < -0.4 is 4.90 Å². The number of amides is 1. The van der Waals surface area contributed by atoms with Crippen molar-refractivity contribution in [1.82, 2.24) is 10.1 Å². The number of unbranched alkanes of at least 4 members (excludes halogenated alkanes) is 2. The highest BCUT2D eigenvalue weighted by Crippen LogP contribution is 2.25. The van der Waals surface area contributed by atoms with Gasteiger partial charge in [0.2, 0.25) is 5.91 Å². The minimum atomic E-state index is -3.16. The Bertz CT molecular complexity index is 833. The van der Waals surface area contributed by atoms with Crippen LogP contribution in [0.2, 0.25) is 0 Å².